The zero-order valence-corrected chi connectivity index (χ0v) is 12.4. The summed E-state index contributed by atoms with van der Waals surface area (Å²) < 4.78 is 51.2. The van der Waals surface area contributed by atoms with E-state index in [9.17, 15) is 21.6 Å². The maximum absolute atomic E-state index is 11.9. The fourth-order valence-corrected chi connectivity index (χ4v) is 3.77. The molecule has 0 bridgehead atoms. The number of hydrogen-bond acceptors (Lipinski definition) is 5. The van der Waals surface area contributed by atoms with Gasteiger partial charge in [0.25, 0.3) is 0 Å². The highest BCUT2D eigenvalue weighted by atomic mass is 32.2. The summed E-state index contributed by atoms with van der Waals surface area (Å²) in [5, 5.41) is 8.46. The third kappa shape index (κ3) is 4.69. The molecule has 1 aliphatic rings. The topological polar surface area (TPSA) is 130 Å². The van der Waals surface area contributed by atoms with Crippen LogP contribution in [-0.2, 0) is 24.8 Å². The van der Waals surface area contributed by atoms with Gasteiger partial charge in [-0.1, -0.05) is 0 Å². The molecule has 1 aliphatic carbocycles. The maximum atomic E-state index is 11.9. The largest absolute Gasteiger partial charge is 0.480 e. The predicted octanol–water partition coefficient (Wildman–Crippen LogP) is -0.0464. The minimum atomic E-state index is -4.01. The second-order valence-electron chi connectivity index (χ2n) is 4.67. The van der Waals surface area contributed by atoms with Crippen molar-refractivity contribution in [2.24, 2.45) is 0 Å². The monoisotopic (exact) mass is 334 g/mol. The molecule has 2 rings (SSSR count). The van der Waals surface area contributed by atoms with Gasteiger partial charge in [-0.25, -0.2) is 21.6 Å². The Morgan fingerprint density at radius 2 is 1.71 bits per heavy atom. The van der Waals surface area contributed by atoms with Crippen LogP contribution in [0.3, 0.4) is 0 Å². The van der Waals surface area contributed by atoms with Crippen molar-refractivity contribution >= 4 is 31.7 Å². The number of sulfonamides is 2. The Hall–Kier alpha value is -1.65. The second kappa shape index (κ2) is 5.62. The lowest BCUT2D eigenvalue weighted by atomic mass is 10.3. The quantitative estimate of drug-likeness (QED) is 0.641. The molecule has 116 valence electrons. The van der Waals surface area contributed by atoms with Crippen molar-refractivity contribution in [3.05, 3.63) is 24.3 Å². The van der Waals surface area contributed by atoms with Crippen molar-refractivity contribution in [3.63, 3.8) is 0 Å². The van der Waals surface area contributed by atoms with Crippen LogP contribution in [-0.4, -0.2) is 39.7 Å². The van der Waals surface area contributed by atoms with E-state index in [1.54, 1.807) is 0 Å². The average molecular weight is 334 g/mol. The SMILES string of the molecule is O=C(O)CS(=O)(=O)Nc1ccc(S(=O)(=O)NC2CC2)cc1. The van der Waals surface area contributed by atoms with Gasteiger partial charge in [0.15, 0.2) is 5.75 Å². The molecule has 1 aromatic carbocycles. The Kier molecular flexibility index (Phi) is 4.21. The van der Waals surface area contributed by atoms with Crippen LogP contribution in [0.15, 0.2) is 29.2 Å². The van der Waals surface area contributed by atoms with Crippen molar-refractivity contribution < 1.29 is 26.7 Å². The van der Waals surface area contributed by atoms with Gasteiger partial charge >= 0.3 is 5.97 Å². The van der Waals surface area contributed by atoms with E-state index in [1.807, 2.05) is 0 Å². The summed E-state index contributed by atoms with van der Waals surface area (Å²) in [7, 11) is -7.60. The minimum absolute atomic E-state index is 0.0237. The van der Waals surface area contributed by atoms with Gasteiger partial charge in [-0.3, -0.25) is 9.52 Å². The molecule has 0 unspecified atom stereocenters. The molecule has 10 heteroatoms. The van der Waals surface area contributed by atoms with Crippen LogP contribution in [0.1, 0.15) is 12.8 Å². The Bertz CT molecular complexity index is 735. The Labute approximate surface area is 122 Å². The Morgan fingerprint density at radius 3 is 2.19 bits per heavy atom. The lowest BCUT2D eigenvalue weighted by Gasteiger charge is -2.08. The zero-order valence-electron chi connectivity index (χ0n) is 10.8. The highest BCUT2D eigenvalue weighted by Crippen LogP contribution is 2.23. The minimum Gasteiger partial charge on any atom is -0.480 e. The van der Waals surface area contributed by atoms with E-state index in [1.165, 1.54) is 24.3 Å². The van der Waals surface area contributed by atoms with Gasteiger partial charge < -0.3 is 5.11 Å². The molecule has 0 aromatic heterocycles. The van der Waals surface area contributed by atoms with Gasteiger partial charge in [0.05, 0.1) is 4.90 Å². The van der Waals surface area contributed by atoms with Crippen molar-refractivity contribution in [1.29, 1.82) is 0 Å². The Morgan fingerprint density at radius 1 is 1.14 bits per heavy atom. The van der Waals surface area contributed by atoms with Gasteiger partial charge in [0.2, 0.25) is 20.0 Å². The van der Waals surface area contributed by atoms with Crippen LogP contribution >= 0.6 is 0 Å². The molecule has 21 heavy (non-hydrogen) atoms. The van der Waals surface area contributed by atoms with Crippen LogP contribution in [0.25, 0.3) is 0 Å². The maximum Gasteiger partial charge on any atom is 0.320 e. The number of anilines is 1. The van der Waals surface area contributed by atoms with Gasteiger partial charge in [-0.05, 0) is 37.1 Å². The van der Waals surface area contributed by atoms with Gasteiger partial charge in [0, 0.05) is 11.7 Å². The number of carboxylic acid groups (broad SMARTS) is 1. The standard InChI is InChI=1S/C11H14N2O6S2/c14-11(15)7-20(16,17)12-8-3-5-10(6-4-8)21(18,19)13-9-1-2-9/h3-6,9,12-13H,1-2,7H2,(H,14,15). The molecule has 1 aromatic rings. The number of aliphatic carboxylic acids is 1. The number of hydrogen-bond donors (Lipinski definition) is 3. The number of carbonyl (C=O) groups is 1. The van der Waals surface area contributed by atoms with Crippen molar-refractivity contribution in [2.75, 3.05) is 10.5 Å². The lowest BCUT2D eigenvalue weighted by Crippen LogP contribution is -2.25. The lowest BCUT2D eigenvalue weighted by molar-refractivity contribution is -0.134. The van der Waals surface area contributed by atoms with E-state index in [0.29, 0.717) is 0 Å². The molecule has 0 aliphatic heterocycles. The molecular weight excluding hydrogens is 320 g/mol. The first-order valence-corrected chi connectivity index (χ1v) is 9.16. The smallest absolute Gasteiger partial charge is 0.320 e. The van der Waals surface area contributed by atoms with Crippen LogP contribution < -0.4 is 9.44 Å². The summed E-state index contributed by atoms with van der Waals surface area (Å²) in [4.78, 5) is 10.4. The number of benzene rings is 1. The molecule has 0 heterocycles. The van der Waals surface area contributed by atoms with Crippen molar-refractivity contribution in [2.45, 2.75) is 23.8 Å². The highest BCUT2D eigenvalue weighted by molar-refractivity contribution is 7.93. The molecule has 1 saturated carbocycles. The fraction of sp³-hybridized carbons (Fsp3) is 0.364. The van der Waals surface area contributed by atoms with Gasteiger partial charge in [0.1, 0.15) is 0 Å². The molecule has 0 radical (unpaired) electrons. The van der Waals surface area contributed by atoms with Crippen LogP contribution in [0.4, 0.5) is 5.69 Å². The van der Waals surface area contributed by atoms with E-state index in [2.05, 4.69) is 9.44 Å². The predicted molar refractivity (Wildman–Crippen MR) is 74.8 cm³/mol. The molecule has 8 nitrogen and oxygen atoms in total. The normalized spacial score (nSPS) is 15.6. The molecule has 1 fully saturated rings. The van der Waals surface area contributed by atoms with E-state index in [0.717, 1.165) is 12.8 Å². The number of rotatable bonds is 7. The van der Waals surface area contributed by atoms with Crippen molar-refractivity contribution in [3.8, 4) is 0 Å². The highest BCUT2D eigenvalue weighted by Gasteiger charge is 2.27. The van der Waals surface area contributed by atoms with Crippen LogP contribution in [0.2, 0.25) is 0 Å². The van der Waals surface area contributed by atoms with E-state index >= 15 is 0 Å². The molecule has 3 N–H and O–H groups in total. The summed E-state index contributed by atoms with van der Waals surface area (Å²) in [6.45, 7) is 0. The van der Waals surface area contributed by atoms with E-state index < -0.39 is 31.8 Å². The molecule has 0 spiro atoms. The summed E-state index contributed by atoms with van der Waals surface area (Å²) in [6.07, 6.45) is 1.62. The number of carboxylic acids is 1. The number of nitrogens with one attached hydrogen (secondary N) is 2. The van der Waals surface area contributed by atoms with Crippen LogP contribution in [0.5, 0.6) is 0 Å². The van der Waals surface area contributed by atoms with Crippen molar-refractivity contribution in [1.82, 2.24) is 4.72 Å². The third-order valence-electron chi connectivity index (χ3n) is 2.65. The first-order chi connectivity index (χ1) is 9.68. The third-order valence-corrected chi connectivity index (χ3v) is 5.36. The first-order valence-electron chi connectivity index (χ1n) is 6.03. The molecular formula is C11H14N2O6S2. The zero-order chi connectivity index (χ0) is 15.7. The summed E-state index contributed by atoms with van der Waals surface area (Å²) in [5.41, 5.74) is 0.0987. The summed E-state index contributed by atoms with van der Waals surface area (Å²) >= 11 is 0. The molecule has 0 atom stereocenters. The fourth-order valence-electron chi connectivity index (χ4n) is 1.57. The van der Waals surface area contributed by atoms with E-state index in [-0.39, 0.29) is 16.6 Å². The van der Waals surface area contributed by atoms with Gasteiger partial charge in [-0.2, -0.15) is 0 Å². The summed E-state index contributed by atoms with van der Waals surface area (Å²) in [6, 6.07) is 5.01. The molecule has 0 amide bonds. The van der Waals surface area contributed by atoms with Gasteiger partial charge in [-0.15, -0.1) is 0 Å². The second-order valence-corrected chi connectivity index (χ2v) is 8.11. The first kappa shape index (κ1) is 15.7. The van der Waals surface area contributed by atoms with Crippen LogP contribution in [0, 0.1) is 0 Å². The van der Waals surface area contributed by atoms with E-state index in [4.69, 9.17) is 5.11 Å². The molecule has 0 saturated heterocycles. The average Bonchev–Trinajstić information content (AvgIpc) is 3.10. The Balaban J connectivity index is 2.10. The summed E-state index contributed by atoms with van der Waals surface area (Å²) in [5.74, 6) is -2.54.